The van der Waals surface area contributed by atoms with Crippen LogP contribution in [-0.4, -0.2) is 23.9 Å². The molecule has 1 saturated heterocycles. The van der Waals surface area contributed by atoms with Crippen LogP contribution in [0, 0.1) is 20.8 Å². The number of aliphatic hydroxyl groups is 1. The van der Waals surface area contributed by atoms with E-state index in [4.69, 9.17) is 27.9 Å². The van der Waals surface area contributed by atoms with E-state index in [1.54, 1.807) is 36.4 Å². The van der Waals surface area contributed by atoms with Gasteiger partial charge in [-0.25, -0.2) is 0 Å². The number of hydrogen-bond acceptors (Lipinski definition) is 4. The van der Waals surface area contributed by atoms with Gasteiger partial charge < -0.3 is 9.84 Å². The topological polar surface area (TPSA) is 66.8 Å². The Labute approximate surface area is 208 Å². The summed E-state index contributed by atoms with van der Waals surface area (Å²) in [6.07, 6.45) is 0. The number of rotatable bonds is 4. The number of carbonyl (C=O) groups is 2. The van der Waals surface area contributed by atoms with Crippen LogP contribution in [0.5, 0.6) is 5.75 Å². The highest BCUT2D eigenvalue weighted by atomic mass is 35.5. The Balaban J connectivity index is 2.02. The van der Waals surface area contributed by atoms with Crippen molar-refractivity contribution in [2.24, 2.45) is 0 Å². The van der Waals surface area contributed by atoms with Crippen molar-refractivity contribution in [1.82, 2.24) is 0 Å². The fourth-order valence-corrected chi connectivity index (χ4v) is 4.65. The number of nitrogens with zero attached hydrogens (tertiary/aromatic N) is 1. The van der Waals surface area contributed by atoms with Crippen LogP contribution >= 0.6 is 23.2 Å². The highest BCUT2D eigenvalue weighted by Gasteiger charge is 2.47. The molecule has 1 fully saturated rings. The van der Waals surface area contributed by atoms with Crippen LogP contribution in [0.3, 0.4) is 0 Å². The van der Waals surface area contributed by atoms with Crippen molar-refractivity contribution in [1.29, 1.82) is 0 Å². The van der Waals surface area contributed by atoms with Gasteiger partial charge in [-0.2, -0.15) is 0 Å². The average molecular weight is 496 g/mol. The summed E-state index contributed by atoms with van der Waals surface area (Å²) in [6, 6.07) is 14.9. The van der Waals surface area contributed by atoms with E-state index in [9.17, 15) is 14.7 Å². The Bertz CT molecular complexity index is 1350. The molecule has 174 valence electrons. The maximum Gasteiger partial charge on any atom is 0.300 e. The molecule has 1 aliphatic heterocycles. The van der Waals surface area contributed by atoms with E-state index in [2.05, 4.69) is 0 Å². The normalized spacial score (nSPS) is 17.4. The van der Waals surface area contributed by atoms with Gasteiger partial charge in [0, 0.05) is 5.69 Å². The highest BCUT2D eigenvalue weighted by Crippen LogP contribution is 2.44. The van der Waals surface area contributed by atoms with Crippen LogP contribution in [0.4, 0.5) is 5.69 Å². The zero-order chi connectivity index (χ0) is 24.7. The molecule has 34 heavy (non-hydrogen) atoms. The number of ether oxygens (including phenoxy) is 1. The second kappa shape index (κ2) is 9.16. The van der Waals surface area contributed by atoms with Crippen molar-refractivity contribution >= 4 is 46.3 Å². The van der Waals surface area contributed by atoms with Crippen LogP contribution in [0.1, 0.15) is 33.9 Å². The molecule has 0 aromatic heterocycles. The van der Waals surface area contributed by atoms with Crippen molar-refractivity contribution in [2.45, 2.75) is 26.8 Å². The monoisotopic (exact) mass is 495 g/mol. The lowest BCUT2D eigenvalue weighted by atomic mass is 9.93. The van der Waals surface area contributed by atoms with Crippen LogP contribution in [0.15, 0.2) is 60.2 Å². The summed E-state index contributed by atoms with van der Waals surface area (Å²) in [6.45, 7) is 5.66. The summed E-state index contributed by atoms with van der Waals surface area (Å²) in [7, 11) is 1.50. The van der Waals surface area contributed by atoms with Gasteiger partial charge in [-0.15, -0.1) is 0 Å². The number of hydrogen-bond donors (Lipinski definition) is 1. The summed E-state index contributed by atoms with van der Waals surface area (Å²) in [5.41, 5.74) is 4.03. The van der Waals surface area contributed by atoms with Crippen LogP contribution < -0.4 is 9.64 Å². The number of anilines is 1. The average Bonchev–Trinajstić information content (AvgIpc) is 3.06. The quantitative estimate of drug-likeness (QED) is 0.253. The maximum atomic E-state index is 13.4. The summed E-state index contributed by atoms with van der Waals surface area (Å²) in [4.78, 5) is 28.0. The summed E-state index contributed by atoms with van der Waals surface area (Å²) < 4.78 is 5.53. The van der Waals surface area contributed by atoms with E-state index >= 15 is 0 Å². The van der Waals surface area contributed by atoms with Gasteiger partial charge in [0.2, 0.25) is 0 Å². The summed E-state index contributed by atoms with van der Waals surface area (Å²) in [5, 5.41) is 12.1. The Morgan fingerprint density at radius 3 is 2.21 bits per heavy atom. The number of aryl methyl sites for hydroxylation is 3. The number of carbonyl (C=O) groups excluding carboxylic acids is 2. The summed E-state index contributed by atoms with van der Waals surface area (Å²) >= 11 is 12.4. The number of halogens is 2. The number of benzene rings is 3. The minimum atomic E-state index is -0.914. The predicted octanol–water partition coefficient (Wildman–Crippen LogP) is 6.55. The fourth-order valence-electron chi connectivity index (χ4n) is 4.35. The first-order valence-corrected chi connectivity index (χ1v) is 11.4. The van der Waals surface area contributed by atoms with E-state index in [0.29, 0.717) is 27.6 Å². The molecule has 0 bridgehead atoms. The van der Waals surface area contributed by atoms with Crippen LogP contribution in [0.2, 0.25) is 10.0 Å². The number of aliphatic hydroxyl groups excluding tert-OH is 1. The van der Waals surface area contributed by atoms with E-state index < -0.39 is 17.7 Å². The van der Waals surface area contributed by atoms with Gasteiger partial charge >= 0.3 is 0 Å². The van der Waals surface area contributed by atoms with E-state index in [-0.39, 0.29) is 16.4 Å². The molecule has 0 radical (unpaired) electrons. The highest BCUT2D eigenvalue weighted by molar-refractivity contribution is 6.52. The lowest BCUT2D eigenvalue weighted by Crippen LogP contribution is -2.29. The van der Waals surface area contributed by atoms with E-state index in [0.717, 1.165) is 16.7 Å². The predicted molar refractivity (Wildman–Crippen MR) is 135 cm³/mol. The SMILES string of the molecule is COc1c(C)cc(C)cc1/C(O)=C1\C(=O)C(=O)N(c2ccc(C)cc2)C1c1ccc(Cl)c(Cl)c1. The molecule has 1 amide bonds. The number of methoxy groups -OCH3 is 1. The molecule has 0 saturated carbocycles. The molecule has 5 nitrogen and oxygen atoms in total. The van der Waals surface area contributed by atoms with Crippen LogP contribution in [0.25, 0.3) is 5.76 Å². The molecule has 1 heterocycles. The van der Waals surface area contributed by atoms with Gasteiger partial charge in [-0.3, -0.25) is 14.5 Å². The van der Waals surface area contributed by atoms with Crippen LogP contribution in [-0.2, 0) is 9.59 Å². The van der Waals surface area contributed by atoms with Crippen molar-refractivity contribution in [3.05, 3.63) is 98.0 Å². The second-order valence-corrected chi connectivity index (χ2v) is 9.16. The third-order valence-corrected chi connectivity index (χ3v) is 6.63. The van der Waals surface area contributed by atoms with E-state index in [1.807, 2.05) is 39.0 Å². The Morgan fingerprint density at radius 2 is 1.59 bits per heavy atom. The molecule has 1 aliphatic rings. The standard InChI is InChI=1S/C27H23Cl2NO4/c1-14-5-8-18(9-6-14)30-23(17-7-10-20(28)21(29)13-17)22(25(32)27(30)33)24(31)19-12-15(2)11-16(3)26(19)34-4/h5-13,23,31H,1-4H3/b24-22+. The molecule has 1 unspecified atom stereocenters. The molecule has 0 spiro atoms. The summed E-state index contributed by atoms with van der Waals surface area (Å²) in [5.74, 6) is -1.43. The van der Waals surface area contributed by atoms with Gasteiger partial charge in [-0.1, -0.05) is 53.0 Å². The molecule has 3 aromatic rings. The largest absolute Gasteiger partial charge is 0.507 e. The lowest BCUT2D eigenvalue weighted by Gasteiger charge is -2.26. The third-order valence-electron chi connectivity index (χ3n) is 5.89. The first kappa shape index (κ1) is 23.9. The van der Waals surface area contributed by atoms with Crippen molar-refractivity contribution in [3.63, 3.8) is 0 Å². The molecule has 0 aliphatic carbocycles. The van der Waals surface area contributed by atoms with Gasteiger partial charge in [0.15, 0.2) is 0 Å². The molecule has 1 atom stereocenters. The van der Waals surface area contributed by atoms with Crippen molar-refractivity contribution < 1.29 is 19.4 Å². The van der Waals surface area contributed by atoms with E-state index in [1.165, 1.54) is 12.0 Å². The zero-order valence-electron chi connectivity index (χ0n) is 19.1. The third kappa shape index (κ3) is 4.06. The molecular weight excluding hydrogens is 473 g/mol. The minimum Gasteiger partial charge on any atom is -0.507 e. The van der Waals surface area contributed by atoms with Crippen molar-refractivity contribution in [2.75, 3.05) is 12.0 Å². The van der Waals surface area contributed by atoms with Crippen molar-refractivity contribution in [3.8, 4) is 5.75 Å². The zero-order valence-corrected chi connectivity index (χ0v) is 20.7. The van der Waals surface area contributed by atoms with Gasteiger partial charge in [-0.05, 0) is 67.8 Å². The molecule has 4 rings (SSSR count). The number of ketones is 1. The maximum absolute atomic E-state index is 13.4. The molecule has 3 aromatic carbocycles. The number of amides is 1. The molecule has 7 heteroatoms. The Kier molecular flexibility index (Phi) is 6.43. The smallest absolute Gasteiger partial charge is 0.300 e. The Morgan fingerprint density at radius 1 is 0.912 bits per heavy atom. The minimum absolute atomic E-state index is 0.0488. The molecular formula is C27H23Cl2NO4. The Hall–Kier alpha value is -3.28. The lowest BCUT2D eigenvalue weighted by molar-refractivity contribution is -0.132. The van der Waals surface area contributed by atoms with Gasteiger partial charge in [0.1, 0.15) is 11.5 Å². The second-order valence-electron chi connectivity index (χ2n) is 8.34. The van der Waals surface area contributed by atoms with Gasteiger partial charge in [0.05, 0.1) is 34.3 Å². The number of Topliss-reactive ketones (excluding diaryl/α,β-unsaturated/α-hetero) is 1. The first-order valence-electron chi connectivity index (χ1n) is 10.6. The fraction of sp³-hybridized carbons (Fsp3) is 0.185. The molecule has 1 N–H and O–H groups in total. The first-order chi connectivity index (χ1) is 16.1. The van der Waals surface area contributed by atoms with Gasteiger partial charge in [0.25, 0.3) is 11.7 Å².